The number of hydrogen-bond donors (Lipinski definition) is 2. The van der Waals surface area contributed by atoms with E-state index in [0.717, 1.165) is 18.2 Å². The lowest BCUT2D eigenvalue weighted by molar-refractivity contribution is -0.137. The fourth-order valence-electron chi connectivity index (χ4n) is 1.96. The normalized spacial score (nSPS) is 11.8. The summed E-state index contributed by atoms with van der Waals surface area (Å²) >= 11 is 0. The minimum absolute atomic E-state index is 0.411. The molecule has 2 rings (SSSR count). The highest BCUT2D eigenvalue weighted by atomic mass is 32.2. The molecule has 0 spiro atoms. The quantitative estimate of drug-likeness (QED) is 0.797. The summed E-state index contributed by atoms with van der Waals surface area (Å²) in [5.41, 5.74) is -0.683. The number of alkyl halides is 3. The first kappa shape index (κ1) is 19.7. The van der Waals surface area contributed by atoms with Crippen molar-refractivity contribution >= 4 is 21.6 Å². The second kappa shape index (κ2) is 7.75. The Morgan fingerprint density at radius 3 is 2.35 bits per heavy atom. The van der Waals surface area contributed by atoms with Crippen molar-refractivity contribution in [3.63, 3.8) is 0 Å². The van der Waals surface area contributed by atoms with Gasteiger partial charge in [-0.3, -0.25) is 4.79 Å². The number of nitrogens with one attached hydrogen (secondary N) is 2. The lowest BCUT2D eigenvalue weighted by Crippen LogP contribution is -2.33. The smallest absolute Gasteiger partial charge is 0.416 e. The predicted octanol–water partition coefficient (Wildman–Crippen LogP) is 2.63. The molecule has 0 fully saturated rings. The van der Waals surface area contributed by atoms with Crippen molar-refractivity contribution in [2.75, 3.05) is 19.0 Å². The van der Waals surface area contributed by atoms with Gasteiger partial charge < -0.3 is 10.1 Å². The van der Waals surface area contributed by atoms with Gasteiger partial charge in [0, 0.05) is 5.69 Å². The summed E-state index contributed by atoms with van der Waals surface area (Å²) in [6.07, 6.45) is -4.67. The number of carbonyl (C=O) groups is 1. The van der Waals surface area contributed by atoms with Crippen LogP contribution < -0.4 is 14.8 Å². The molecule has 1 amide bonds. The maximum Gasteiger partial charge on any atom is 0.416 e. The number of sulfonamides is 1. The van der Waals surface area contributed by atoms with Gasteiger partial charge in [0.25, 0.3) is 0 Å². The van der Waals surface area contributed by atoms with Crippen LogP contribution in [0.15, 0.2) is 53.4 Å². The maximum atomic E-state index is 12.7. The fraction of sp³-hybridized carbons (Fsp3) is 0.188. The molecule has 2 aromatic rings. The number of ether oxygens (including phenoxy) is 1. The maximum absolute atomic E-state index is 12.7. The van der Waals surface area contributed by atoms with Crippen LogP contribution in [0.1, 0.15) is 5.56 Å². The van der Waals surface area contributed by atoms with Crippen molar-refractivity contribution in [1.29, 1.82) is 0 Å². The third-order valence-electron chi connectivity index (χ3n) is 3.27. The van der Waals surface area contributed by atoms with Crippen LogP contribution in [-0.4, -0.2) is 28.0 Å². The molecule has 0 saturated heterocycles. The Kier molecular flexibility index (Phi) is 5.88. The number of hydrogen-bond acceptors (Lipinski definition) is 4. The van der Waals surface area contributed by atoms with Gasteiger partial charge in [0.2, 0.25) is 15.9 Å². The van der Waals surface area contributed by atoms with Gasteiger partial charge in [-0.2, -0.15) is 13.2 Å². The highest BCUT2D eigenvalue weighted by molar-refractivity contribution is 7.89. The lowest BCUT2D eigenvalue weighted by Gasteiger charge is -2.11. The average molecular weight is 388 g/mol. The van der Waals surface area contributed by atoms with E-state index in [1.165, 1.54) is 7.11 Å². The standard InChI is InChI=1S/C16H15F3N2O4S/c1-25-13-7-5-12(6-8-13)21-15(22)10-20-26(23,24)14-4-2-3-11(9-14)16(17,18)19/h2-9,20H,10H2,1H3,(H,21,22). The number of benzene rings is 2. The molecule has 0 aliphatic carbocycles. The summed E-state index contributed by atoms with van der Waals surface area (Å²) in [6.45, 7) is -0.634. The monoisotopic (exact) mass is 388 g/mol. The first-order chi connectivity index (χ1) is 12.1. The van der Waals surface area contributed by atoms with Crippen molar-refractivity contribution in [2.24, 2.45) is 0 Å². The lowest BCUT2D eigenvalue weighted by atomic mass is 10.2. The van der Waals surface area contributed by atoms with Crippen molar-refractivity contribution in [3.8, 4) is 5.75 Å². The third kappa shape index (κ3) is 5.20. The Hall–Kier alpha value is -2.59. The molecule has 0 radical (unpaired) electrons. The molecule has 0 aliphatic rings. The van der Waals surface area contributed by atoms with Crippen LogP contribution in [0.4, 0.5) is 18.9 Å². The first-order valence-corrected chi connectivity index (χ1v) is 8.71. The van der Waals surface area contributed by atoms with E-state index in [0.29, 0.717) is 17.5 Å². The second-order valence-corrected chi connectivity index (χ2v) is 6.89. The Morgan fingerprint density at radius 1 is 1.12 bits per heavy atom. The van der Waals surface area contributed by atoms with Crippen LogP contribution in [0.3, 0.4) is 0 Å². The Morgan fingerprint density at radius 2 is 1.77 bits per heavy atom. The highest BCUT2D eigenvalue weighted by Gasteiger charge is 2.31. The van der Waals surface area contributed by atoms with Gasteiger partial charge in [-0.25, -0.2) is 13.1 Å². The Labute approximate surface area is 148 Å². The Bertz CT molecular complexity index is 881. The summed E-state index contributed by atoms with van der Waals surface area (Å²) < 4.78 is 69.1. The molecule has 2 N–H and O–H groups in total. The molecule has 140 valence electrons. The molecule has 0 aliphatic heterocycles. The zero-order chi connectivity index (χ0) is 19.4. The molecule has 0 bridgehead atoms. The van der Waals surface area contributed by atoms with E-state index in [1.807, 2.05) is 4.72 Å². The van der Waals surface area contributed by atoms with Crippen LogP contribution >= 0.6 is 0 Å². The van der Waals surface area contributed by atoms with Gasteiger partial charge >= 0.3 is 6.18 Å². The summed E-state index contributed by atoms with van der Waals surface area (Å²) in [6, 6.07) is 9.56. The average Bonchev–Trinajstić information content (AvgIpc) is 2.60. The van der Waals surface area contributed by atoms with Gasteiger partial charge in [-0.05, 0) is 42.5 Å². The zero-order valence-electron chi connectivity index (χ0n) is 13.5. The van der Waals surface area contributed by atoms with Crippen LogP contribution in [0.2, 0.25) is 0 Å². The molecule has 26 heavy (non-hydrogen) atoms. The number of methoxy groups -OCH3 is 1. The summed E-state index contributed by atoms with van der Waals surface area (Å²) in [7, 11) is -2.79. The van der Waals surface area contributed by atoms with Crippen molar-refractivity contribution in [1.82, 2.24) is 4.72 Å². The predicted molar refractivity (Wildman–Crippen MR) is 88.3 cm³/mol. The first-order valence-electron chi connectivity index (χ1n) is 7.22. The van der Waals surface area contributed by atoms with Crippen LogP contribution in [-0.2, 0) is 21.0 Å². The zero-order valence-corrected chi connectivity index (χ0v) is 14.3. The Balaban J connectivity index is 2.02. The van der Waals surface area contributed by atoms with E-state index >= 15 is 0 Å². The highest BCUT2D eigenvalue weighted by Crippen LogP contribution is 2.30. The third-order valence-corrected chi connectivity index (χ3v) is 4.67. The fourth-order valence-corrected chi connectivity index (χ4v) is 2.99. The van der Waals surface area contributed by atoms with Gasteiger partial charge in [0.05, 0.1) is 24.1 Å². The van der Waals surface area contributed by atoms with E-state index in [1.54, 1.807) is 24.3 Å². The molecule has 6 nitrogen and oxygen atoms in total. The molecule has 0 heterocycles. The minimum atomic E-state index is -4.67. The molecule has 0 unspecified atom stereocenters. The van der Waals surface area contributed by atoms with Gasteiger partial charge in [0.15, 0.2) is 0 Å². The summed E-state index contributed by atoms with van der Waals surface area (Å²) in [5.74, 6) is -0.0982. The largest absolute Gasteiger partial charge is 0.497 e. The molecule has 0 atom stereocenters. The van der Waals surface area contributed by atoms with Gasteiger partial charge in [0.1, 0.15) is 5.75 Å². The molecular formula is C16H15F3N2O4S. The minimum Gasteiger partial charge on any atom is -0.497 e. The summed E-state index contributed by atoms with van der Waals surface area (Å²) in [4.78, 5) is 11.2. The molecule has 10 heteroatoms. The van der Waals surface area contributed by atoms with E-state index in [-0.39, 0.29) is 0 Å². The topological polar surface area (TPSA) is 84.5 Å². The van der Waals surface area contributed by atoms with E-state index in [2.05, 4.69) is 5.32 Å². The number of halogens is 3. The SMILES string of the molecule is COc1ccc(NC(=O)CNS(=O)(=O)c2cccc(C(F)(F)F)c2)cc1. The molecular weight excluding hydrogens is 373 g/mol. The summed E-state index contributed by atoms with van der Waals surface area (Å²) in [5, 5.41) is 2.45. The molecule has 0 aromatic heterocycles. The van der Waals surface area contributed by atoms with Crippen LogP contribution in [0.25, 0.3) is 0 Å². The van der Waals surface area contributed by atoms with Crippen molar-refractivity contribution < 1.29 is 31.1 Å². The van der Waals surface area contributed by atoms with E-state index in [9.17, 15) is 26.4 Å². The molecule has 2 aromatic carbocycles. The number of carbonyl (C=O) groups excluding carboxylic acids is 1. The van der Waals surface area contributed by atoms with Crippen LogP contribution in [0.5, 0.6) is 5.75 Å². The van der Waals surface area contributed by atoms with Gasteiger partial charge in [-0.1, -0.05) is 6.07 Å². The van der Waals surface area contributed by atoms with E-state index in [4.69, 9.17) is 4.74 Å². The van der Waals surface area contributed by atoms with Crippen molar-refractivity contribution in [2.45, 2.75) is 11.1 Å². The number of anilines is 1. The van der Waals surface area contributed by atoms with E-state index < -0.39 is 39.1 Å². The van der Waals surface area contributed by atoms with Gasteiger partial charge in [-0.15, -0.1) is 0 Å². The van der Waals surface area contributed by atoms with Crippen molar-refractivity contribution in [3.05, 3.63) is 54.1 Å². The second-order valence-electron chi connectivity index (χ2n) is 5.13. The number of rotatable bonds is 6. The number of amides is 1. The van der Waals surface area contributed by atoms with Crippen LogP contribution in [0, 0.1) is 0 Å². The molecule has 0 saturated carbocycles.